The molecular formula is C14H14N3O+. The van der Waals surface area contributed by atoms with Crippen molar-refractivity contribution in [3.8, 4) is 0 Å². The Morgan fingerprint density at radius 3 is 2.72 bits per heavy atom. The summed E-state index contributed by atoms with van der Waals surface area (Å²) in [4.78, 5) is 11.7. The molecule has 0 aliphatic rings. The summed E-state index contributed by atoms with van der Waals surface area (Å²) in [5, 5.41) is 3.91. The summed E-state index contributed by atoms with van der Waals surface area (Å²) in [5.41, 5.74) is 4.01. The molecule has 0 spiro atoms. The highest BCUT2D eigenvalue weighted by atomic mass is 16.2. The molecule has 0 bridgehead atoms. The van der Waals surface area contributed by atoms with Gasteiger partial charge in [-0.1, -0.05) is 30.3 Å². The molecule has 2 aromatic rings. The Bertz CT molecular complexity index is 564. The number of hydrogen-bond donors (Lipinski definition) is 1. The van der Waals surface area contributed by atoms with E-state index < -0.39 is 0 Å². The molecule has 0 aliphatic carbocycles. The van der Waals surface area contributed by atoms with Crippen molar-refractivity contribution < 1.29 is 9.36 Å². The first-order chi connectivity index (χ1) is 8.75. The number of carbonyl (C=O) groups is 1. The predicted molar refractivity (Wildman–Crippen MR) is 69.1 cm³/mol. The highest BCUT2D eigenvalue weighted by Crippen LogP contribution is 1.95. The lowest BCUT2D eigenvalue weighted by Crippen LogP contribution is -2.29. The van der Waals surface area contributed by atoms with E-state index in [2.05, 4.69) is 10.5 Å². The van der Waals surface area contributed by atoms with E-state index in [1.807, 2.05) is 54.2 Å². The van der Waals surface area contributed by atoms with Crippen LogP contribution in [0.3, 0.4) is 0 Å². The molecule has 1 N–H and O–H groups in total. The van der Waals surface area contributed by atoms with Crippen LogP contribution in [-0.4, -0.2) is 12.1 Å². The first-order valence-electron chi connectivity index (χ1n) is 5.59. The van der Waals surface area contributed by atoms with Crippen molar-refractivity contribution in [2.75, 3.05) is 0 Å². The number of hydrogen-bond acceptors (Lipinski definition) is 2. The highest BCUT2D eigenvalue weighted by molar-refractivity contribution is 5.94. The summed E-state index contributed by atoms with van der Waals surface area (Å²) in [5.74, 6) is -0.224. The maximum atomic E-state index is 11.7. The molecule has 1 amide bonds. The van der Waals surface area contributed by atoms with Crippen LogP contribution in [0.25, 0.3) is 0 Å². The maximum absolute atomic E-state index is 11.7. The first kappa shape index (κ1) is 12.0. The van der Waals surface area contributed by atoms with Crippen LogP contribution in [0.15, 0.2) is 60.0 Å². The van der Waals surface area contributed by atoms with E-state index in [0.29, 0.717) is 5.56 Å². The zero-order valence-corrected chi connectivity index (χ0v) is 10.1. The SMILES string of the molecule is C[n+]1cccc(C(=O)N/N=C\c2ccccc2)c1. The van der Waals surface area contributed by atoms with Crippen LogP contribution >= 0.6 is 0 Å². The monoisotopic (exact) mass is 240 g/mol. The fourth-order valence-electron chi connectivity index (χ4n) is 1.49. The Hall–Kier alpha value is -2.49. The van der Waals surface area contributed by atoms with Gasteiger partial charge in [0, 0.05) is 6.07 Å². The van der Waals surface area contributed by atoms with Crippen LogP contribution in [0.5, 0.6) is 0 Å². The summed E-state index contributed by atoms with van der Waals surface area (Å²) in [7, 11) is 1.87. The average molecular weight is 240 g/mol. The Balaban J connectivity index is 1.99. The number of rotatable bonds is 3. The molecule has 0 atom stereocenters. The van der Waals surface area contributed by atoms with Gasteiger partial charge in [0.1, 0.15) is 12.6 Å². The van der Waals surface area contributed by atoms with Crippen molar-refractivity contribution in [1.82, 2.24) is 5.43 Å². The molecular weight excluding hydrogens is 226 g/mol. The number of amides is 1. The first-order valence-corrected chi connectivity index (χ1v) is 5.59. The second-order valence-electron chi connectivity index (χ2n) is 3.87. The lowest BCUT2D eigenvalue weighted by Gasteiger charge is -1.97. The Morgan fingerprint density at radius 1 is 1.22 bits per heavy atom. The van der Waals surface area contributed by atoms with Crippen LogP contribution < -0.4 is 9.99 Å². The lowest BCUT2D eigenvalue weighted by molar-refractivity contribution is -0.671. The zero-order chi connectivity index (χ0) is 12.8. The van der Waals surface area contributed by atoms with Crippen LogP contribution in [-0.2, 0) is 7.05 Å². The fourth-order valence-corrected chi connectivity index (χ4v) is 1.49. The summed E-state index contributed by atoms with van der Waals surface area (Å²) < 4.78 is 1.82. The molecule has 0 aliphatic heterocycles. The number of carbonyl (C=O) groups excluding carboxylic acids is 1. The van der Waals surface area contributed by atoms with Gasteiger partial charge in [0.05, 0.1) is 6.21 Å². The van der Waals surface area contributed by atoms with Crippen LogP contribution in [0.4, 0.5) is 0 Å². The minimum absolute atomic E-state index is 0.224. The molecule has 1 heterocycles. The molecule has 2 rings (SSSR count). The van der Waals surface area contributed by atoms with Crippen LogP contribution in [0, 0.1) is 0 Å². The normalized spacial score (nSPS) is 10.5. The highest BCUT2D eigenvalue weighted by Gasteiger charge is 2.07. The topological polar surface area (TPSA) is 45.3 Å². The molecule has 0 saturated heterocycles. The largest absolute Gasteiger partial charge is 0.277 e. The van der Waals surface area contributed by atoms with E-state index in [9.17, 15) is 4.79 Å². The number of aryl methyl sites for hydroxylation is 1. The van der Waals surface area contributed by atoms with Gasteiger partial charge in [0.2, 0.25) is 0 Å². The van der Waals surface area contributed by atoms with Crippen molar-refractivity contribution in [2.24, 2.45) is 12.1 Å². The smallest absolute Gasteiger partial charge is 0.267 e. The van der Waals surface area contributed by atoms with E-state index in [1.165, 1.54) is 0 Å². The zero-order valence-electron chi connectivity index (χ0n) is 10.1. The molecule has 1 aromatic heterocycles. The molecule has 0 saturated carbocycles. The van der Waals surface area contributed by atoms with E-state index in [1.54, 1.807) is 18.5 Å². The Labute approximate surface area is 106 Å². The standard InChI is InChI=1S/C14H13N3O/c1-17-9-5-8-13(11-17)14(18)16-15-10-12-6-3-2-4-7-12/h2-11H,1H3/p+1/b15-10-. The number of aromatic nitrogens is 1. The van der Waals surface area contributed by atoms with Gasteiger partial charge < -0.3 is 0 Å². The van der Waals surface area contributed by atoms with Gasteiger partial charge in [-0.25, -0.2) is 9.99 Å². The van der Waals surface area contributed by atoms with Crippen LogP contribution in [0.1, 0.15) is 15.9 Å². The second-order valence-corrected chi connectivity index (χ2v) is 3.87. The quantitative estimate of drug-likeness (QED) is 0.490. The van der Waals surface area contributed by atoms with Crippen molar-refractivity contribution >= 4 is 12.1 Å². The van der Waals surface area contributed by atoms with E-state index in [-0.39, 0.29) is 5.91 Å². The average Bonchev–Trinajstić information content (AvgIpc) is 2.40. The predicted octanol–water partition coefficient (Wildman–Crippen LogP) is 1.27. The van der Waals surface area contributed by atoms with Gasteiger partial charge in [-0.15, -0.1) is 0 Å². The maximum Gasteiger partial charge on any atom is 0.277 e. The van der Waals surface area contributed by atoms with E-state index >= 15 is 0 Å². The van der Waals surface area contributed by atoms with E-state index in [0.717, 1.165) is 5.56 Å². The third-order valence-corrected chi connectivity index (χ3v) is 2.38. The summed E-state index contributed by atoms with van der Waals surface area (Å²) in [6.45, 7) is 0. The van der Waals surface area contributed by atoms with Crippen molar-refractivity contribution in [3.63, 3.8) is 0 Å². The van der Waals surface area contributed by atoms with Gasteiger partial charge in [0.15, 0.2) is 12.4 Å². The number of pyridine rings is 1. The molecule has 90 valence electrons. The number of hydrazone groups is 1. The molecule has 4 heteroatoms. The molecule has 0 radical (unpaired) electrons. The number of benzene rings is 1. The summed E-state index contributed by atoms with van der Waals surface area (Å²) in [6, 6.07) is 13.2. The van der Waals surface area contributed by atoms with Crippen molar-refractivity contribution in [1.29, 1.82) is 0 Å². The Kier molecular flexibility index (Phi) is 3.81. The van der Waals surface area contributed by atoms with E-state index in [4.69, 9.17) is 0 Å². The second kappa shape index (κ2) is 5.72. The Morgan fingerprint density at radius 2 is 2.00 bits per heavy atom. The number of nitrogens with zero attached hydrogens (tertiary/aromatic N) is 2. The molecule has 4 nitrogen and oxygen atoms in total. The molecule has 0 fully saturated rings. The number of nitrogens with one attached hydrogen (secondary N) is 1. The van der Waals surface area contributed by atoms with Gasteiger partial charge in [-0.2, -0.15) is 5.10 Å². The summed E-state index contributed by atoms with van der Waals surface area (Å²) >= 11 is 0. The van der Waals surface area contributed by atoms with Crippen molar-refractivity contribution in [3.05, 3.63) is 66.0 Å². The fraction of sp³-hybridized carbons (Fsp3) is 0.0714. The van der Waals surface area contributed by atoms with Gasteiger partial charge in [-0.3, -0.25) is 4.79 Å². The van der Waals surface area contributed by atoms with Crippen molar-refractivity contribution in [2.45, 2.75) is 0 Å². The van der Waals surface area contributed by atoms with Gasteiger partial charge >= 0.3 is 0 Å². The lowest BCUT2D eigenvalue weighted by atomic mass is 10.2. The van der Waals surface area contributed by atoms with Gasteiger partial charge in [0.25, 0.3) is 5.91 Å². The minimum Gasteiger partial charge on any atom is -0.267 e. The van der Waals surface area contributed by atoms with Crippen LogP contribution in [0.2, 0.25) is 0 Å². The molecule has 18 heavy (non-hydrogen) atoms. The third-order valence-electron chi connectivity index (χ3n) is 2.38. The third kappa shape index (κ3) is 3.25. The molecule has 0 unspecified atom stereocenters. The summed E-state index contributed by atoms with van der Waals surface area (Å²) in [6.07, 6.45) is 5.22. The minimum atomic E-state index is -0.224. The molecule has 1 aromatic carbocycles. The van der Waals surface area contributed by atoms with Gasteiger partial charge in [-0.05, 0) is 11.6 Å².